The predicted molar refractivity (Wildman–Crippen MR) is 86.5 cm³/mol. The van der Waals surface area contributed by atoms with E-state index < -0.39 is 0 Å². The number of nitrogens with zero attached hydrogens (tertiary/aromatic N) is 2. The molecule has 3 nitrogen and oxygen atoms in total. The van der Waals surface area contributed by atoms with Crippen molar-refractivity contribution in [1.82, 2.24) is 9.97 Å². The number of para-hydroxylation sites is 1. The standard InChI is InChI=1S/C16H17N3S/c1-4-11-8-9-20-14(11)16-18-13-10(2)6-5-7-12(13)15(17-3)19-16/h5-9H,4H2,1-3H3,(H,17,18,19). The average molecular weight is 283 g/mol. The van der Waals surface area contributed by atoms with Crippen molar-refractivity contribution < 1.29 is 0 Å². The van der Waals surface area contributed by atoms with Crippen molar-refractivity contribution in [2.45, 2.75) is 20.3 Å². The van der Waals surface area contributed by atoms with Gasteiger partial charge in [0.25, 0.3) is 0 Å². The van der Waals surface area contributed by atoms with Crippen LogP contribution in [0.4, 0.5) is 5.82 Å². The minimum Gasteiger partial charge on any atom is -0.373 e. The molecule has 0 aliphatic heterocycles. The number of hydrogen-bond donors (Lipinski definition) is 1. The number of benzene rings is 1. The van der Waals surface area contributed by atoms with E-state index in [0.717, 1.165) is 29.0 Å². The van der Waals surface area contributed by atoms with Gasteiger partial charge in [-0.2, -0.15) is 0 Å². The highest BCUT2D eigenvalue weighted by Crippen LogP contribution is 2.31. The molecular formula is C16H17N3S. The van der Waals surface area contributed by atoms with Crippen LogP contribution in [-0.4, -0.2) is 17.0 Å². The summed E-state index contributed by atoms with van der Waals surface area (Å²) in [5.41, 5.74) is 3.51. The summed E-state index contributed by atoms with van der Waals surface area (Å²) >= 11 is 1.71. The van der Waals surface area contributed by atoms with Crippen LogP contribution in [0.2, 0.25) is 0 Å². The molecule has 20 heavy (non-hydrogen) atoms. The van der Waals surface area contributed by atoms with Crippen LogP contribution >= 0.6 is 11.3 Å². The van der Waals surface area contributed by atoms with Crippen LogP contribution < -0.4 is 5.32 Å². The largest absolute Gasteiger partial charge is 0.373 e. The van der Waals surface area contributed by atoms with Gasteiger partial charge in [0.1, 0.15) is 5.82 Å². The van der Waals surface area contributed by atoms with E-state index in [-0.39, 0.29) is 0 Å². The van der Waals surface area contributed by atoms with Gasteiger partial charge in [-0.3, -0.25) is 0 Å². The molecule has 0 unspecified atom stereocenters. The lowest BCUT2D eigenvalue weighted by Gasteiger charge is -2.09. The molecule has 0 aliphatic carbocycles. The number of rotatable bonds is 3. The average Bonchev–Trinajstić information content (AvgIpc) is 2.95. The zero-order valence-corrected chi connectivity index (χ0v) is 12.7. The molecule has 0 radical (unpaired) electrons. The molecule has 2 heterocycles. The third kappa shape index (κ3) is 2.06. The first kappa shape index (κ1) is 13.1. The molecule has 102 valence electrons. The zero-order chi connectivity index (χ0) is 14.1. The molecule has 0 atom stereocenters. The molecule has 0 spiro atoms. The summed E-state index contributed by atoms with van der Waals surface area (Å²) in [5, 5.41) is 6.38. The van der Waals surface area contributed by atoms with Gasteiger partial charge < -0.3 is 5.32 Å². The van der Waals surface area contributed by atoms with E-state index in [1.165, 1.54) is 16.0 Å². The molecule has 3 aromatic rings. The maximum Gasteiger partial charge on any atom is 0.172 e. The Kier molecular flexibility index (Phi) is 3.40. The molecule has 3 rings (SSSR count). The van der Waals surface area contributed by atoms with Crippen molar-refractivity contribution in [2.75, 3.05) is 12.4 Å². The lowest BCUT2D eigenvalue weighted by atomic mass is 10.1. The van der Waals surface area contributed by atoms with Gasteiger partial charge in [-0.25, -0.2) is 9.97 Å². The number of aromatic nitrogens is 2. The first-order valence-corrected chi connectivity index (χ1v) is 7.64. The molecule has 0 saturated heterocycles. The highest BCUT2D eigenvalue weighted by Gasteiger charge is 2.13. The summed E-state index contributed by atoms with van der Waals surface area (Å²) in [6.45, 7) is 4.25. The molecular weight excluding hydrogens is 266 g/mol. The fraction of sp³-hybridized carbons (Fsp3) is 0.250. The fourth-order valence-electron chi connectivity index (χ4n) is 2.40. The first-order valence-electron chi connectivity index (χ1n) is 6.76. The van der Waals surface area contributed by atoms with E-state index in [2.05, 4.69) is 42.7 Å². The number of anilines is 1. The van der Waals surface area contributed by atoms with Gasteiger partial charge in [-0.05, 0) is 42.0 Å². The van der Waals surface area contributed by atoms with E-state index in [1.54, 1.807) is 11.3 Å². The Morgan fingerprint density at radius 1 is 1.20 bits per heavy atom. The Bertz CT molecular complexity index is 762. The number of hydrogen-bond acceptors (Lipinski definition) is 4. The topological polar surface area (TPSA) is 37.8 Å². The van der Waals surface area contributed by atoms with Crippen LogP contribution in [0.5, 0.6) is 0 Å². The predicted octanol–water partition coefficient (Wildman–Crippen LogP) is 4.27. The van der Waals surface area contributed by atoms with Crippen LogP contribution in [-0.2, 0) is 6.42 Å². The smallest absolute Gasteiger partial charge is 0.172 e. The second-order valence-corrected chi connectivity index (χ2v) is 5.66. The van der Waals surface area contributed by atoms with Crippen molar-refractivity contribution in [3.63, 3.8) is 0 Å². The second-order valence-electron chi connectivity index (χ2n) is 4.75. The van der Waals surface area contributed by atoms with Crippen LogP contribution in [0, 0.1) is 6.92 Å². The highest BCUT2D eigenvalue weighted by atomic mass is 32.1. The lowest BCUT2D eigenvalue weighted by molar-refractivity contribution is 1.14. The molecule has 0 amide bonds. The molecule has 0 saturated carbocycles. The normalized spacial score (nSPS) is 10.9. The van der Waals surface area contributed by atoms with E-state index in [4.69, 9.17) is 9.97 Å². The summed E-state index contributed by atoms with van der Waals surface area (Å²) in [6.07, 6.45) is 1.00. The van der Waals surface area contributed by atoms with Crippen LogP contribution in [0.15, 0.2) is 29.6 Å². The SMILES string of the molecule is CCc1ccsc1-c1nc(NC)c2cccc(C)c2n1. The zero-order valence-electron chi connectivity index (χ0n) is 11.9. The molecule has 4 heteroatoms. The van der Waals surface area contributed by atoms with Crippen LogP contribution in [0.1, 0.15) is 18.1 Å². The summed E-state index contributed by atoms with van der Waals surface area (Å²) in [5.74, 6) is 1.71. The molecule has 1 aromatic carbocycles. The van der Waals surface area contributed by atoms with Gasteiger partial charge in [0.2, 0.25) is 0 Å². The summed E-state index contributed by atoms with van der Waals surface area (Å²) in [6, 6.07) is 8.36. The van der Waals surface area contributed by atoms with Crippen molar-refractivity contribution in [3.05, 3.63) is 40.8 Å². The number of fused-ring (bicyclic) bond motifs is 1. The minimum absolute atomic E-state index is 0.822. The van der Waals surface area contributed by atoms with Gasteiger partial charge in [0.05, 0.1) is 10.4 Å². The Hall–Kier alpha value is -1.94. The quantitative estimate of drug-likeness (QED) is 0.780. The van der Waals surface area contributed by atoms with E-state index in [9.17, 15) is 0 Å². The maximum atomic E-state index is 4.79. The fourth-order valence-corrected chi connectivity index (χ4v) is 3.33. The lowest BCUT2D eigenvalue weighted by Crippen LogP contribution is -1.99. The first-order chi connectivity index (χ1) is 9.74. The third-order valence-electron chi connectivity index (χ3n) is 3.50. The molecule has 0 bridgehead atoms. The Morgan fingerprint density at radius 2 is 2.05 bits per heavy atom. The monoisotopic (exact) mass is 283 g/mol. The van der Waals surface area contributed by atoms with Crippen molar-refractivity contribution in [2.24, 2.45) is 0 Å². The second kappa shape index (κ2) is 5.21. The maximum absolute atomic E-state index is 4.79. The Morgan fingerprint density at radius 3 is 2.80 bits per heavy atom. The van der Waals surface area contributed by atoms with Gasteiger partial charge in [0.15, 0.2) is 5.82 Å². The van der Waals surface area contributed by atoms with Crippen LogP contribution in [0.3, 0.4) is 0 Å². The third-order valence-corrected chi connectivity index (χ3v) is 4.45. The minimum atomic E-state index is 0.822. The van der Waals surface area contributed by atoms with Crippen molar-refractivity contribution >= 4 is 28.1 Å². The number of aryl methyl sites for hydroxylation is 2. The van der Waals surface area contributed by atoms with Crippen molar-refractivity contribution in [1.29, 1.82) is 0 Å². The van der Waals surface area contributed by atoms with Crippen molar-refractivity contribution in [3.8, 4) is 10.7 Å². The Balaban J connectivity index is 2.30. The highest BCUT2D eigenvalue weighted by molar-refractivity contribution is 7.13. The van der Waals surface area contributed by atoms with Gasteiger partial charge in [0, 0.05) is 12.4 Å². The van der Waals surface area contributed by atoms with Gasteiger partial charge >= 0.3 is 0 Å². The van der Waals surface area contributed by atoms with E-state index in [0.29, 0.717) is 0 Å². The van der Waals surface area contributed by atoms with Gasteiger partial charge in [-0.1, -0.05) is 19.1 Å². The molecule has 2 aromatic heterocycles. The number of thiophene rings is 1. The van der Waals surface area contributed by atoms with Gasteiger partial charge in [-0.15, -0.1) is 11.3 Å². The van der Waals surface area contributed by atoms with Crippen LogP contribution in [0.25, 0.3) is 21.6 Å². The molecule has 0 aliphatic rings. The van der Waals surface area contributed by atoms with E-state index in [1.807, 2.05) is 13.1 Å². The Labute approximate surface area is 122 Å². The molecule has 0 fully saturated rings. The number of nitrogens with one attached hydrogen (secondary N) is 1. The van der Waals surface area contributed by atoms with E-state index >= 15 is 0 Å². The summed E-state index contributed by atoms with van der Waals surface area (Å²) < 4.78 is 0. The summed E-state index contributed by atoms with van der Waals surface area (Å²) in [7, 11) is 1.91. The summed E-state index contributed by atoms with van der Waals surface area (Å²) in [4.78, 5) is 10.7. The molecule has 1 N–H and O–H groups in total.